The van der Waals surface area contributed by atoms with Crippen LogP contribution in [0.1, 0.15) is 24.8 Å². The Balaban J connectivity index is 2.14. The van der Waals surface area contributed by atoms with Crippen molar-refractivity contribution in [1.29, 1.82) is 0 Å². The Morgan fingerprint density at radius 1 is 1.44 bits per heavy atom. The number of amides is 1. The van der Waals surface area contributed by atoms with Gasteiger partial charge in [0, 0.05) is 29.1 Å². The van der Waals surface area contributed by atoms with E-state index in [9.17, 15) is 4.79 Å². The summed E-state index contributed by atoms with van der Waals surface area (Å²) in [4.78, 5) is 15.8. The molecular weight excluding hydrogens is 310 g/mol. The second-order valence-electron chi connectivity index (χ2n) is 4.42. The lowest BCUT2D eigenvalue weighted by molar-refractivity contribution is -0.132. The predicted octanol–water partition coefficient (Wildman–Crippen LogP) is 3.51. The number of hydrogen-bond donors (Lipinski definition) is 0. The first-order valence-electron chi connectivity index (χ1n) is 6.34. The van der Waals surface area contributed by atoms with Crippen LogP contribution < -0.4 is 0 Å². The van der Waals surface area contributed by atoms with Gasteiger partial charge in [-0.2, -0.15) is 0 Å². The van der Waals surface area contributed by atoms with Gasteiger partial charge in [-0.25, -0.2) is 0 Å². The van der Waals surface area contributed by atoms with Gasteiger partial charge < -0.3 is 4.90 Å². The third-order valence-electron chi connectivity index (χ3n) is 3.16. The second-order valence-corrected chi connectivity index (χ2v) is 6.27. The van der Waals surface area contributed by atoms with Crippen LogP contribution in [0.5, 0.6) is 0 Å². The van der Waals surface area contributed by atoms with E-state index in [1.165, 1.54) is 10.5 Å². The minimum Gasteiger partial charge on any atom is -0.341 e. The van der Waals surface area contributed by atoms with Crippen LogP contribution in [0.15, 0.2) is 29.2 Å². The maximum Gasteiger partial charge on any atom is 0.231 e. The Hall–Kier alpha value is -0.480. The zero-order chi connectivity index (χ0) is 13.0. The lowest BCUT2D eigenvalue weighted by Gasteiger charge is -2.24. The summed E-state index contributed by atoms with van der Waals surface area (Å²) in [5, 5.41) is 0.847. The van der Waals surface area contributed by atoms with Crippen molar-refractivity contribution in [3.63, 3.8) is 0 Å². The molecule has 0 aliphatic carbocycles. The summed E-state index contributed by atoms with van der Waals surface area (Å²) in [6, 6.07) is 8.28. The molecular formula is C14H18BrNOS. The molecule has 0 N–H and O–H groups in total. The van der Waals surface area contributed by atoms with Crippen LogP contribution in [0.25, 0.3) is 0 Å². The minimum atomic E-state index is 0.0526. The highest BCUT2D eigenvalue weighted by Crippen LogP contribution is 2.40. The fourth-order valence-electron chi connectivity index (χ4n) is 2.29. The molecule has 1 unspecified atom stereocenters. The van der Waals surface area contributed by atoms with E-state index < -0.39 is 0 Å². The van der Waals surface area contributed by atoms with Gasteiger partial charge in [-0.15, -0.1) is 11.8 Å². The van der Waals surface area contributed by atoms with Gasteiger partial charge in [-0.1, -0.05) is 41.1 Å². The van der Waals surface area contributed by atoms with E-state index in [2.05, 4.69) is 35.0 Å². The van der Waals surface area contributed by atoms with Crippen molar-refractivity contribution >= 4 is 33.6 Å². The summed E-state index contributed by atoms with van der Waals surface area (Å²) < 4.78 is 0. The lowest BCUT2D eigenvalue weighted by atomic mass is 10.00. The Labute approximate surface area is 121 Å². The normalized spacial score (nSPS) is 17.6. The van der Waals surface area contributed by atoms with Crippen LogP contribution >= 0.6 is 27.7 Å². The molecule has 1 aromatic rings. The zero-order valence-corrected chi connectivity index (χ0v) is 13.0. The zero-order valence-electron chi connectivity index (χ0n) is 10.6. The third-order valence-corrected chi connectivity index (χ3v) is 4.70. The Morgan fingerprint density at radius 3 is 2.94 bits per heavy atom. The fraction of sp³-hybridized carbons (Fsp3) is 0.500. The number of fused-ring (bicyclic) bond motifs is 1. The molecule has 1 aromatic carbocycles. The molecule has 0 saturated carbocycles. The van der Waals surface area contributed by atoms with Gasteiger partial charge in [0.1, 0.15) is 0 Å². The average Bonchev–Trinajstić information content (AvgIpc) is 2.81. The van der Waals surface area contributed by atoms with Crippen molar-refractivity contribution in [1.82, 2.24) is 4.90 Å². The molecule has 0 spiro atoms. The maximum absolute atomic E-state index is 12.6. The van der Waals surface area contributed by atoms with Gasteiger partial charge in [0.2, 0.25) is 5.91 Å². The number of rotatable bonds is 5. The van der Waals surface area contributed by atoms with Crippen LogP contribution in [0.3, 0.4) is 0 Å². The SMILES string of the molecule is CCCN(CCBr)C(=O)C1CSc2ccccc21. The molecule has 0 radical (unpaired) electrons. The van der Waals surface area contributed by atoms with Gasteiger partial charge in [-0.3, -0.25) is 4.79 Å². The van der Waals surface area contributed by atoms with Gasteiger partial charge >= 0.3 is 0 Å². The predicted molar refractivity (Wildman–Crippen MR) is 80.6 cm³/mol. The van der Waals surface area contributed by atoms with E-state index in [1.807, 2.05) is 17.0 Å². The smallest absolute Gasteiger partial charge is 0.231 e. The van der Waals surface area contributed by atoms with Crippen LogP contribution in [-0.2, 0) is 4.79 Å². The van der Waals surface area contributed by atoms with Crippen LogP contribution in [0, 0.1) is 0 Å². The molecule has 0 fully saturated rings. The topological polar surface area (TPSA) is 20.3 Å². The van der Waals surface area contributed by atoms with Crippen molar-refractivity contribution in [3.05, 3.63) is 29.8 Å². The molecule has 1 amide bonds. The number of carbonyl (C=O) groups is 1. The molecule has 98 valence electrons. The molecule has 0 aromatic heterocycles. The first kappa shape index (κ1) is 13.9. The van der Waals surface area contributed by atoms with E-state index >= 15 is 0 Å². The molecule has 4 heteroatoms. The van der Waals surface area contributed by atoms with Gasteiger partial charge in [-0.05, 0) is 18.1 Å². The first-order chi connectivity index (χ1) is 8.77. The molecule has 0 saturated heterocycles. The molecule has 1 heterocycles. The molecule has 1 atom stereocenters. The van der Waals surface area contributed by atoms with Crippen molar-refractivity contribution < 1.29 is 4.79 Å². The van der Waals surface area contributed by atoms with Gasteiger partial charge in [0.25, 0.3) is 0 Å². The summed E-state index contributed by atoms with van der Waals surface area (Å²) in [6.07, 6.45) is 1.01. The number of thioether (sulfide) groups is 1. The molecule has 1 aliphatic heterocycles. The standard InChI is InChI=1S/C14H18BrNOS/c1-2-8-16(9-7-15)14(17)12-10-18-13-6-4-3-5-11(12)13/h3-6,12H,2,7-10H2,1H3. The van der Waals surface area contributed by atoms with E-state index in [0.29, 0.717) is 0 Å². The number of alkyl halides is 1. The Morgan fingerprint density at radius 2 is 2.22 bits per heavy atom. The van der Waals surface area contributed by atoms with Crippen molar-refractivity contribution in [2.24, 2.45) is 0 Å². The quantitative estimate of drug-likeness (QED) is 0.771. The van der Waals surface area contributed by atoms with Gasteiger partial charge in [0.15, 0.2) is 0 Å². The molecule has 0 bridgehead atoms. The van der Waals surface area contributed by atoms with Crippen molar-refractivity contribution in [2.45, 2.75) is 24.2 Å². The fourth-order valence-corrected chi connectivity index (χ4v) is 3.94. The summed E-state index contributed by atoms with van der Waals surface area (Å²) in [5.41, 5.74) is 1.21. The number of halogens is 1. The van der Waals surface area contributed by atoms with Crippen molar-refractivity contribution in [3.8, 4) is 0 Å². The minimum absolute atomic E-state index is 0.0526. The highest BCUT2D eigenvalue weighted by Gasteiger charge is 2.31. The monoisotopic (exact) mass is 327 g/mol. The number of carbonyl (C=O) groups excluding carboxylic acids is 1. The van der Waals surface area contributed by atoms with E-state index in [-0.39, 0.29) is 11.8 Å². The number of nitrogens with zero attached hydrogens (tertiary/aromatic N) is 1. The second kappa shape index (κ2) is 6.62. The number of hydrogen-bond acceptors (Lipinski definition) is 2. The summed E-state index contributed by atoms with van der Waals surface area (Å²) in [5.74, 6) is 1.23. The Kier molecular flexibility index (Phi) is 5.13. The third kappa shape index (κ3) is 2.91. The van der Waals surface area contributed by atoms with Crippen LogP contribution in [-0.4, -0.2) is 35.0 Å². The molecule has 2 rings (SSSR count). The van der Waals surface area contributed by atoms with Crippen molar-refractivity contribution in [2.75, 3.05) is 24.2 Å². The Bertz CT molecular complexity index is 418. The van der Waals surface area contributed by atoms with E-state index in [1.54, 1.807) is 11.8 Å². The first-order valence-corrected chi connectivity index (χ1v) is 8.45. The summed E-state index contributed by atoms with van der Waals surface area (Å²) in [6.45, 7) is 3.77. The maximum atomic E-state index is 12.6. The van der Waals surface area contributed by atoms with Gasteiger partial charge in [0.05, 0.1) is 5.92 Å². The molecule has 1 aliphatic rings. The largest absolute Gasteiger partial charge is 0.341 e. The molecule has 18 heavy (non-hydrogen) atoms. The number of benzene rings is 1. The van der Waals surface area contributed by atoms with Crippen LogP contribution in [0.4, 0.5) is 0 Å². The summed E-state index contributed by atoms with van der Waals surface area (Å²) in [7, 11) is 0. The van der Waals surface area contributed by atoms with Crippen LogP contribution in [0.2, 0.25) is 0 Å². The average molecular weight is 328 g/mol. The summed E-state index contributed by atoms with van der Waals surface area (Å²) >= 11 is 5.23. The lowest BCUT2D eigenvalue weighted by Crippen LogP contribution is -2.37. The molecule has 2 nitrogen and oxygen atoms in total. The van der Waals surface area contributed by atoms with E-state index in [0.717, 1.165) is 30.6 Å². The van der Waals surface area contributed by atoms with E-state index in [4.69, 9.17) is 0 Å². The highest BCUT2D eigenvalue weighted by molar-refractivity contribution is 9.09. The highest BCUT2D eigenvalue weighted by atomic mass is 79.9.